The van der Waals surface area contributed by atoms with Crippen LogP contribution in [0.25, 0.3) is 10.1 Å². The fraction of sp³-hybridized carbons (Fsp3) is 0.192. The average molecular weight is 609 g/mol. The van der Waals surface area contributed by atoms with Crippen LogP contribution in [0, 0.1) is 0 Å². The van der Waals surface area contributed by atoms with Gasteiger partial charge in [-0.15, -0.1) is 0 Å². The zero-order valence-corrected chi connectivity index (χ0v) is 23.8. The number of amides is 1. The van der Waals surface area contributed by atoms with E-state index in [1.54, 1.807) is 19.2 Å². The smallest absolute Gasteiger partial charge is 0.326 e. The molecular formula is C26H23Cl2N3O6S2. The Kier molecular flexibility index (Phi) is 8.65. The Morgan fingerprint density at radius 3 is 2.46 bits per heavy atom. The van der Waals surface area contributed by atoms with Gasteiger partial charge in [-0.05, 0) is 53.0 Å². The number of fused-ring (bicyclic) bond motifs is 1. The van der Waals surface area contributed by atoms with Crippen molar-refractivity contribution in [3.8, 4) is 5.75 Å². The van der Waals surface area contributed by atoms with Crippen molar-refractivity contribution in [1.29, 1.82) is 0 Å². The van der Waals surface area contributed by atoms with E-state index in [4.69, 9.17) is 27.9 Å². The summed E-state index contributed by atoms with van der Waals surface area (Å²) in [7, 11) is -1.89. The van der Waals surface area contributed by atoms with Gasteiger partial charge in [0.05, 0.1) is 32.3 Å². The number of carboxylic acids is 1. The maximum Gasteiger partial charge on any atom is 0.326 e. The third kappa shape index (κ3) is 6.62. The number of carbonyl (C=O) groups is 2. The van der Waals surface area contributed by atoms with Crippen molar-refractivity contribution >= 4 is 72.4 Å². The normalized spacial score (nSPS) is 12.2. The Bertz CT molecular complexity index is 1660. The summed E-state index contributed by atoms with van der Waals surface area (Å²) in [5.74, 6) is -0.797. The van der Waals surface area contributed by atoms with Gasteiger partial charge in [-0.2, -0.15) is 4.37 Å². The van der Waals surface area contributed by atoms with Gasteiger partial charge in [-0.25, -0.2) is 13.2 Å². The first-order valence-corrected chi connectivity index (χ1v) is 14.9. The molecule has 0 saturated carbocycles. The van der Waals surface area contributed by atoms with Gasteiger partial charge in [-0.1, -0.05) is 47.5 Å². The fourth-order valence-electron chi connectivity index (χ4n) is 3.84. The van der Waals surface area contributed by atoms with Crippen LogP contribution in [0.4, 0.5) is 5.82 Å². The van der Waals surface area contributed by atoms with Gasteiger partial charge >= 0.3 is 5.97 Å². The first-order chi connectivity index (χ1) is 18.5. The van der Waals surface area contributed by atoms with Crippen LogP contribution in [0.3, 0.4) is 0 Å². The molecule has 9 nitrogen and oxygen atoms in total. The van der Waals surface area contributed by atoms with Gasteiger partial charge in [0, 0.05) is 24.6 Å². The number of sulfone groups is 1. The lowest BCUT2D eigenvalue weighted by atomic mass is 10.1. The molecule has 0 bridgehead atoms. The monoisotopic (exact) mass is 607 g/mol. The number of hydrogen-bond acceptors (Lipinski definition) is 8. The lowest BCUT2D eigenvalue weighted by Gasteiger charge is -2.16. The average Bonchev–Trinajstić information content (AvgIpc) is 3.30. The summed E-state index contributed by atoms with van der Waals surface area (Å²) in [6, 6.07) is 13.6. The van der Waals surface area contributed by atoms with E-state index in [9.17, 15) is 23.1 Å². The van der Waals surface area contributed by atoms with E-state index in [2.05, 4.69) is 15.0 Å². The molecule has 0 aliphatic heterocycles. The predicted octanol–water partition coefficient (Wildman–Crippen LogP) is 5.05. The molecule has 0 radical (unpaired) electrons. The minimum absolute atomic E-state index is 0.0286. The highest BCUT2D eigenvalue weighted by Gasteiger charge is 2.26. The van der Waals surface area contributed by atoms with Crippen molar-refractivity contribution in [3.05, 3.63) is 81.3 Å². The first-order valence-electron chi connectivity index (χ1n) is 11.4. The van der Waals surface area contributed by atoms with Crippen molar-refractivity contribution < 1.29 is 27.9 Å². The van der Waals surface area contributed by atoms with E-state index in [1.807, 2.05) is 24.3 Å². The number of aliphatic carboxylic acids is 1. The molecule has 1 amide bonds. The maximum atomic E-state index is 13.2. The van der Waals surface area contributed by atoms with Gasteiger partial charge in [0.1, 0.15) is 17.6 Å². The molecule has 1 atom stereocenters. The number of nitrogens with one attached hydrogen (secondary N) is 2. The summed E-state index contributed by atoms with van der Waals surface area (Å²) in [6.07, 6.45) is 0.907. The Morgan fingerprint density at radius 1 is 1.10 bits per heavy atom. The molecular weight excluding hydrogens is 585 g/mol. The van der Waals surface area contributed by atoms with Crippen molar-refractivity contribution in [2.45, 2.75) is 23.9 Å². The number of hydrogen-bond donors (Lipinski definition) is 3. The van der Waals surface area contributed by atoms with Crippen molar-refractivity contribution in [2.24, 2.45) is 0 Å². The molecule has 0 fully saturated rings. The Hall–Kier alpha value is -3.38. The second-order valence-corrected chi connectivity index (χ2v) is 12.2. The van der Waals surface area contributed by atoms with Crippen LogP contribution < -0.4 is 15.4 Å². The van der Waals surface area contributed by atoms with Crippen LogP contribution in [-0.2, 0) is 27.6 Å². The van der Waals surface area contributed by atoms with Crippen LogP contribution in [0.15, 0.2) is 59.5 Å². The number of aromatic nitrogens is 1. The predicted molar refractivity (Wildman–Crippen MR) is 152 cm³/mol. The third-order valence-electron chi connectivity index (χ3n) is 5.87. The first kappa shape index (κ1) is 28.6. The summed E-state index contributed by atoms with van der Waals surface area (Å²) >= 11 is 14.1. The molecule has 4 aromatic rings. The van der Waals surface area contributed by atoms with Gasteiger partial charge in [-0.3, -0.25) is 4.79 Å². The second kappa shape index (κ2) is 11.8. The summed E-state index contributed by atoms with van der Waals surface area (Å²) in [5.41, 5.74) is 1.34. The van der Waals surface area contributed by atoms with Crippen LogP contribution in [-0.4, -0.2) is 49.2 Å². The zero-order valence-electron chi connectivity index (χ0n) is 20.7. The molecule has 1 aromatic heterocycles. The van der Waals surface area contributed by atoms with Crippen molar-refractivity contribution in [1.82, 2.24) is 9.69 Å². The molecule has 1 heterocycles. The van der Waals surface area contributed by atoms with Crippen molar-refractivity contribution in [3.63, 3.8) is 0 Å². The van der Waals surface area contributed by atoms with E-state index >= 15 is 0 Å². The van der Waals surface area contributed by atoms with Gasteiger partial charge in [0.15, 0.2) is 9.84 Å². The van der Waals surface area contributed by atoms with Gasteiger partial charge < -0.3 is 20.5 Å². The highest BCUT2D eigenvalue weighted by Crippen LogP contribution is 2.39. The summed E-state index contributed by atoms with van der Waals surface area (Å²) in [4.78, 5) is 25.1. The largest absolute Gasteiger partial charge is 0.497 e. The molecule has 1 unspecified atom stereocenters. The maximum absolute atomic E-state index is 13.2. The highest BCUT2D eigenvalue weighted by molar-refractivity contribution is 7.90. The summed E-state index contributed by atoms with van der Waals surface area (Å²) < 4.78 is 33.8. The van der Waals surface area contributed by atoms with Gasteiger partial charge in [0.2, 0.25) is 0 Å². The number of anilines is 1. The number of carboxylic acid groups (broad SMARTS) is 1. The second-order valence-electron chi connectivity index (χ2n) is 8.64. The van der Waals surface area contributed by atoms with E-state index in [-0.39, 0.29) is 26.9 Å². The highest BCUT2D eigenvalue weighted by atomic mass is 35.5. The molecule has 0 aliphatic carbocycles. The number of benzene rings is 3. The molecule has 4 rings (SSSR count). The molecule has 0 aliphatic rings. The Labute approximate surface area is 238 Å². The van der Waals surface area contributed by atoms with E-state index in [0.717, 1.165) is 29.1 Å². The minimum Gasteiger partial charge on any atom is -0.497 e. The van der Waals surface area contributed by atoms with Crippen molar-refractivity contribution in [2.75, 3.05) is 18.7 Å². The zero-order chi connectivity index (χ0) is 28.3. The molecule has 0 spiro atoms. The summed E-state index contributed by atoms with van der Waals surface area (Å²) in [6.45, 7) is 0.473. The Morgan fingerprint density at radius 2 is 1.82 bits per heavy atom. The fourth-order valence-corrected chi connectivity index (χ4v) is 6.04. The number of ether oxygens (including phenoxy) is 1. The quantitative estimate of drug-likeness (QED) is 0.228. The number of rotatable bonds is 10. The summed E-state index contributed by atoms with van der Waals surface area (Å²) in [5, 5.41) is 16.1. The molecule has 3 aromatic carbocycles. The number of carbonyl (C=O) groups excluding carboxylic acids is 1. The topological polar surface area (TPSA) is 135 Å². The molecule has 0 saturated heterocycles. The SMILES string of the molecule is COc1ccc(CNc2nsc3c(Cl)c(C(=O)NC(Cc4cccc(S(C)(=O)=O)c4)C(=O)O)c(Cl)cc23)cc1. The van der Waals surface area contributed by atoms with Crippen LogP contribution >= 0.6 is 34.7 Å². The standard InChI is InChI=1S/C26H23Cl2N3O6S2/c1-37-16-8-6-14(7-9-16)13-29-24-18-12-19(27)21(22(28)23(18)38-31-24)25(32)30-20(26(33)34)11-15-4-3-5-17(10-15)39(2,35)36/h3-10,12,20H,11,13H2,1-2H3,(H,29,31)(H,30,32)(H,33,34). The van der Waals surface area contributed by atoms with E-state index < -0.39 is 27.8 Å². The minimum atomic E-state index is -3.49. The molecule has 39 heavy (non-hydrogen) atoms. The third-order valence-corrected chi connectivity index (χ3v) is 8.65. The number of halogens is 2. The van der Waals surface area contributed by atoms with Crippen LogP contribution in [0.2, 0.25) is 10.0 Å². The number of nitrogens with zero attached hydrogens (tertiary/aromatic N) is 1. The van der Waals surface area contributed by atoms with Crippen LogP contribution in [0.5, 0.6) is 5.75 Å². The molecule has 13 heteroatoms. The van der Waals surface area contributed by atoms with E-state index in [1.165, 1.54) is 18.2 Å². The Balaban J connectivity index is 1.54. The van der Waals surface area contributed by atoms with E-state index in [0.29, 0.717) is 28.0 Å². The lowest BCUT2D eigenvalue weighted by Crippen LogP contribution is -2.42. The van der Waals surface area contributed by atoms with Gasteiger partial charge in [0.25, 0.3) is 5.91 Å². The van der Waals surface area contributed by atoms with Crippen LogP contribution in [0.1, 0.15) is 21.5 Å². The number of methoxy groups -OCH3 is 1. The molecule has 3 N–H and O–H groups in total. The lowest BCUT2D eigenvalue weighted by molar-refractivity contribution is -0.139. The molecule has 204 valence electrons.